The zero-order valence-corrected chi connectivity index (χ0v) is 20.8. The maximum Gasteiger partial charge on any atom is 0.327 e. The van der Waals surface area contributed by atoms with Gasteiger partial charge in [0, 0.05) is 12.2 Å². The van der Waals surface area contributed by atoms with E-state index in [4.69, 9.17) is 5.73 Å². The SMILES string of the molecule is CSCCC(NC(=O)C(N)C(C)C)C(=O)NC(Cc1ccccc1)C(=O)NC(CS)C(=O)O. The third-order valence-corrected chi connectivity index (χ3v) is 5.99. The lowest BCUT2D eigenvalue weighted by Crippen LogP contribution is -2.58. The van der Waals surface area contributed by atoms with Crippen molar-refractivity contribution in [2.24, 2.45) is 11.7 Å². The van der Waals surface area contributed by atoms with Crippen molar-refractivity contribution in [2.45, 2.75) is 50.9 Å². The summed E-state index contributed by atoms with van der Waals surface area (Å²) < 4.78 is 0. The number of hydrogen-bond donors (Lipinski definition) is 6. The van der Waals surface area contributed by atoms with Gasteiger partial charge in [-0.3, -0.25) is 14.4 Å². The van der Waals surface area contributed by atoms with Gasteiger partial charge >= 0.3 is 5.97 Å². The molecule has 0 aliphatic rings. The highest BCUT2D eigenvalue weighted by molar-refractivity contribution is 7.98. The summed E-state index contributed by atoms with van der Waals surface area (Å²) in [6, 6.07) is 5.11. The van der Waals surface area contributed by atoms with Gasteiger partial charge in [0.1, 0.15) is 18.1 Å². The second kappa shape index (κ2) is 14.8. The van der Waals surface area contributed by atoms with Gasteiger partial charge in [0.05, 0.1) is 6.04 Å². The van der Waals surface area contributed by atoms with Gasteiger partial charge < -0.3 is 26.8 Å². The van der Waals surface area contributed by atoms with Crippen molar-refractivity contribution in [1.82, 2.24) is 16.0 Å². The Morgan fingerprint density at radius 3 is 2.03 bits per heavy atom. The number of nitrogens with one attached hydrogen (secondary N) is 3. The second-order valence-electron chi connectivity index (χ2n) is 7.95. The van der Waals surface area contributed by atoms with E-state index in [9.17, 15) is 24.3 Å². The molecule has 33 heavy (non-hydrogen) atoms. The minimum absolute atomic E-state index is 0.105. The number of aliphatic carboxylic acids is 1. The topological polar surface area (TPSA) is 151 Å². The van der Waals surface area contributed by atoms with Crippen LogP contribution in [0.3, 0.4) is 0 Å². The number of carbonyl (C=O) groups excluding carboxylic acids is 3. The Morgan fingerprint density at radius 1 is 0.970 bits per heavy atom. The lowest BCUT2D eigenvalue weighted by atomic mass is 10.0. The molecule has 1 rings (SSSR count). The van der Waals surface area contributed by atoms with Crippen LogP contribution in [0, 0.1) is 5.92 Å². The predicted molar refractivity (Wildman–Crippen MR) is 133 cm³/mol. The Labute approximate surface area is 204 Å². The first kappa shape index (κ1) is 28.8. The van der Waals surface area contributed by atoms with Gasteiger partial charge in [0.25, 0.3) is 0 Å². The molecular weight excluding hydrogens is 464 g/mol. The highest BCUT2D eigenvalue weighted by atomic mass is 32.2. The summed E-state index contributed by atoms with van der Waals surface area (Å²) in [4.78, 5) is 49.7. The molecule has 0 aliphatic carbocycles. The standard InChI is InChI=1S/C22H34N4O5S2/c1-13(2)18(23)21(29)24-15(9-10-33-3)19(27)25-16(11-14-7-5-4-6-8-14)20(28)26-17(12-32)22(30)31/h4-8,13,15-18,32H,9-12,23H2,1-3H3,(H,24,29)(H,25,27)(H,26,28)(H,30,31). The fourth-order valence-electron chi connectivity index (χ4n) is 2.86. The molecule has 9 nitrogen and oxygen atoms in total. The number of amides is 3. The third-order valence-electron chi connectivity index (χ3n) is 4.98. The summed E-state index contributed by atoms with van der Waals surface area (Å²) in [5.41, 5.74) is 6.69. The molecule has 1 aromatic carbocycles. The zero-order chi connectivity index (χ0) is 25.0. The van der Waals surface area contributed by atoms with Crippen molar-refractivity contribution < 1.29 is 24.3 Å². The molecule has 0 aliphatic heterocycles. The first-order valence-electron chi connectivity index (χ1n) is 10.6. The minimum Gasteiger partial charge on any atom is -0.480 e. The van der Waals surface area contributed by atoms with Gasteiger partial charge in [0.2, 0.25) is 17.7 Å². The molecule has 0 fully saturated rings. The maximum atomic E-state index is 13.1. The second-order valence-corrected chi connectivity index (χ2v) is 9.30. The molecular formula is C22H34N4O5S2. The molecule has 0 heterocycles. The summed E-state index contributed by atoms with van der Waals surface area (Å²) in [6.45, 7) is 3.61. The summed E-state index contributed by atoms with van der Waals surface area (Å²) >= 11 is 5.48. The lowest BCUT2D eigenvalue weighted by Gasteiger charge is -2.25. The Kier molecular flexibility index (Phi) is 12.9. The molecule has 11 heteroatoms. The number of thiol groups is 1. The van der Waals surface area contributed by atoms with Crippen LogP contribution in [0.5, 0.6) is 0 Å². The molecule has 184 valence electrons. The summed E-state index contributed by atoms with van der Waals surface area (Å²) in [7, 11) is 0. The van der Waals surface area contributed by atoms with E-state index in [-0.39, 0.29) is 18.1 Å². The number of benzene rings is 1. The molecule has 1 aromatic rings. The van der Waals surface area contributed by atoms with Gasteiger partial charge in [-0.2, -0.15) is 24.4 Å². The summed E-state index contributed by atoms with van der Waals surface area (Å²) in [5.74, 6) is -2.48. The van der Waals surface area contributed by atoms with Crippen LogP contribution >= 0.6 is 24.4 Å². The average molecular weight is 499 g/mol. The Balaban J connectivity index is 3.06. The van der Waals surface area contributed by atoms with Gasteiger partial charge in [0.15, 0.2) is 0 Å². The van der Waals surface area contributed by atoms with E-state index in [1.165, 1.54) is 11.8 Å². The van der Waals surface area contributed by atoms with Crippen molar-refractivity contribution in [3.05, 3.63) is 35.9 Å². The van der Waals surface area contributed by atoms with Crippen LogP contribution in [0.1, 0.15) is 25.8 Å². The lowest BCUT2D eigenvalue weighted by molar-refractivity contribution is -0.141. The van der Waals surface area contributed by atoms with Gasteiger partial charge in [-0.25, -0.2) is 4.79 Å². The largest absolute Gasteiger partial charge is 0.480 e. The zero-order valence-electron chi connectivity index (χ0n) is 19.1. The molecule has 0 saturated heterocycles. The fourth-order valence-corrected chi connectivity index (χ4v) is 3.58. The van der Waals surface area contributed by atoms with Crippen LogP contribution < -0.4 is 21.7 Å². The summed E-state index contributed by atoms with van der Waals surface area (Å²) in [5, 5.41) is 17.0. The van der Waals surface area contributed by atoms with Crippen LogP contribution in [0.25, 0.3) is 0 Å². The number of nitrogens with two attached hydrogens (primary N) is 1. The molecule has 3 amide bonds. The van der Waals surface area contributed by atoms with Crippen molar-refractivity contribution >= 4 is 48.1 Å². The Bertz CT molecular complexity index is 794. The van der Waals surface area contributed by atoms with Crippen molar-refractivity contribution in [1.29, 1.82) is 0 Å². The van der Waals surface area contributed by atoms with E-state index in [1.807, 2.05) is 26.2 Å². The van der Waals surface area contributed by atoms with E-state index < -0.39 is 47.9 Å². The fraction of sp³-hybridized carbons (Fsp3) is 0.545. The molecule has 4 unspecified atom stereocenters. The summed E-state index contributed by atoms with van der Waals surface area (Å²) in [6.07, 6.45) is 2.37. The van der Waals surface area contributed by atoms with E-state index in [1.54, 1.807) is 24.3 Å². The van der Waals surface area contributed by atoms with E-state index in [0.29, 0.717) is 12.2 Å². The quantitative estimate of drug-likeness (QED) is 0.204. The highest BCUT2D eigenvalue weighted by Crippen LogP contribution is 2.08. The molecule has 6 N–H and O–H groups in total. The van der Waals surface area contributed by atoms with Crippen molar-refractivity contribution in [2.75, 3.05) is 17.8 Å². The van der Waals surface area contributed by atoms with Crippen molar-refractivity contribution in [3.8, 4) is 0 Å². The predicted octanol–water partition coefficient (Wildman–Crippen LogP) is 0.434. The average Bonchev–Trinajstić information content (AvgIpc) is 2.78. The molecule has 0 aromatic heterocycles. The first-order valence-corrected chi connectivity index (χ1v) is 12.7. The van der Waals surface area contributed by atoms with Crippen LogP contribution in [-0.2, 0) is 25.6 Å². The number of hydrogen-bond acceptors (Lipinski definition) is 7. The molecule has 0 radical (unpaired) electrons. The van der Waals surface area contributed by atoms with Crippen LogP contribution in [0.2, 0.25) is 0 Å². The number of thioether (sulfide) groups is 1. The maximum absolute atomic E-state index is 13.1. The molecule has 0 bridgehead atoms. The van der Waals surface area contributed by atoms with Crippen LogP contribution in [0.4, 0.5) is 0 Å². The van der Waals surface area contributed by atoms with E-state index in [2.05, 4.69) is 28.6 Å². The molecule has 0 spiro atoms. The minimum atomic E-state index is -1.23. The number of rotatable bonds is 14. The molecule has 4 atom stereocenters. The number of carbonyl (C=O) groups is 4. The van der Waals surface area contributed by atoms with Gasteiger partial charge in [-0.15, -0.1) is 0 Å². The Hall–Kier alpha value is -2.24. The first-order chi connectivity index (χ1) is 15.6. The smallest absolute Gasteiger partial charge is 0.327 e. The third kappa shape index (κ3) is 10.1. The molecule has 0 saturated carbocycles. The Morgan fingerprint density at radius 2 is 1.52 bits per heavy atom. The van der Waals surface area contributed by atoms with Gasteiger partial charge in [-0.1, -0.05) is 44.2 Å². The number of carboxylic acids is 1. The van der Waals surface area contributed by atoms with E-state index >= 15 is 0 Å². The monoisotopic (exact) mass is 498 g/mol. The van der Waals surface area contributed by atoms with Crippen LogP contribution in [-0.4, -0.2) is 70.7 Å². The van der Waals surface area contributed by atoms with E-state index in [0.717, 1.165) is 5.56 Å². The highest BCUT2D eigenvalue weighted by Gasteiger charge is 2.30. The van der Waals surface area contributed by atoms with Crippen LogP contribution in [0.15, 0.2) is 30.3 Å². The van der Waals surface area contributed by atoms with Crippen molar-refractivity contribution in [3.63, 3.8) is 0 Å². The van der Waals surface area contributed by atoms with Gasteiger partial charge in [-0.05, 0) is 29.9 Å². The normalized spacial score (nSPS) is 14.6. The number of carboxylic acid groups (broad SMARTS) is 1.